The first-order chi connectivity index (χ1) is 7.52. The van der Waals surface area contributed by atoms with Crippen LogP contribution in [0.3, 0.4) is 0 Å². The third kappa shape index (κ3) is 1.80. The molecule has 92 valence electrons. The van der Waals surface area contributed by atoms with Crippen LogP contribution in [0.15, 0.2) is 0 Å². The molecule has 0 aromatic rings. The average molecular weight is 224 g/mol. The number of nitrogens with zero attached hydrogens (tertiary/aromatic N) is 2. The van der Waals surface area contributed by atoms with E-state index >= 15 is 0 Å². The summed E-state index contributed by atoms with van der Waals surface area (Å²) in [7, 11) is 0. The molecular weight excluding hydrogens is 200 g/mol. The first-order valence-electron chi connectivity index (χ1n) is 6.63. The predicted octanol–water partition coefficient (Wildman–Crippen LogP) is 2.85. The van der Waals surface area contributed by atoms with E-state index in [9.17, 15) is 4.79 Å². The van der Waals surface area contributed by atoms with E-state index < -0.39 is 0 Å². The highest BCUT2D eigenvalue weighted by molar-refractivity contribution is 5.76. The Morgan fingerprint density at radius 2 is 1.00 bits per heavy atom. The average Bonchev–Trinajstić information content (AvgIpc) is 2.71. The summed E-state index contributed by atoms with van der Waals surface area (Å²) < 4.78 is 0. The summed E-state index contributed by atoms with van der Waals surface area (Å²) in [6.45, 7) is 8.69. The molecule has 2 amide bonds. The summed E-state index contributed by atoms with van der Waals surface area (Å²) in [4.78, 5) is 16.7. The van der Waals surface area contributed by atoms with Crippen LogP contribution in [0.5, 0.6) is 0 Å². The zero-order chi connectivity index (χ0) is 11.9. The number of carbonyl (C=O) groups excluding carboxylic acids is 1. The quantitative estimate of drug-likeness (QED) is 0.620. The molecule has 4 atom stereocenters. The first kappa shape index (κ1) is 11.7. The van der Waals surface area contributed by atoms with Gasteiger partial charge in [-0.1, -0.05) is 0 Å². The lowest BCUT2D eigenvalue weighted by molar-refractivity contribution is 0.122. The molecule has 16 heavy (non-hydrogen) atoms. The monoisotopic (exact) mass is 224 g/mol. The highest BCUT2D eigenvalue weighted by atomic mass is 16.2. The van der Waals surface area contributed by atoms with Crippen LogP contribution in [-0.4, -0.2) is 40.0 Å². The third-order valence-corrected chi connectivity index (χ3v) is 4.35. The first-order valence-corrected chi connectivity index (χ1v) is 6.63. The number of carbonyl (C=O) groups is 1. The fraction of sp³-hybridized carbons (Fsp3) is 0.923. The molecule has 0 N–H and O–H groups in total. The van der Waals surface area contributed by atoms with Crippen molar-refractivity contribution in [3.05, 3.63) is 0 Å². The minimum atomic E-state index is 0.273. The molecule has 0 aliphatic carbocycles. The zero-order valence-corrected chi connectivity index (χ0v) is 10.9. The number of amides is 2. The van der Waals surface area contributed by atoms with Gasteiger partial charge < -0.3 is 9.80 Å². The highest BCUT2D eigenvalue weighted by Crippen LogP contribution is 2.30. The Labute approximate surface area is 98.8 Å². The van der Waals surface area contributed by atoms with E-state index in [0.717, 1.165) is 25.7 Å². The van der Waals surface area contributed by atoms with Gasteiger partial charge in [0.05, 0.1) is 0 Å². The van der Waals surface area contributed by atoms with E-state index in [4.69, 9.17) is 0 Å². The van der Waals surface area contributed by atoms with Crippen molar-refractivity contribution in [1.29, 1.82) is 0 Å². The Morgan fingerprint density at radius 1 is 0.750 bits per heavy atom. The lowest BCUT2D eigenvalue weighted by Crippen LogP contribution is -2.50. The van der Waals surface area contributed by atoms with Gasteiger partial charge in [0, 0.05) is 24.2 Å². The summed E-state index contributed by atoms with van der Waals surface area (Å²) in [5.41, 5.74) is 0. The maximum absolute atomic E-state index is 12.5. The fourth-order valence-electron chi connectivity index (χ4n) is 3.28. The molecule has 2 heterocycles. The zero-order valence-electron chi connectivity index (χ0n) is 10.9. The molecule has 2 aliphatic rings. The van der Waals surface area contributed by atoms with Crippen LogP contribution in [0, 0.1) is 0 Å². The molecule has 0 radical (unpaired) electrons. The van der Waals surface area contributed by atoms with Crippen molar-refractivity contribution in [2.75, 3.05) is 0 Å². The number of likely N-dealkylation sites (tertiary alicyclic amines) is 2. The molecule has 0 aromatic heterocycles. The van der Waals surface area contributed by atoms with Gasteiger partial charge >= 0.3 is 6.03 Å². The van der Waals surface area contributed by atoms with Crippen LogP contribution in [0.1, 0.15) is 53.4 Å². The van der Waals surface area contributed by atoms with Crippen LogP contribution in [0.4, 0.5) is 4.79 Å². The maximum Gasteiger partial charge on any atom is 0.320 e. The van der Waals surface area contributed by atoms with Gasteiger partial charge in [0.2, 0.25) is 0 Å². The van der Waals surface area contributed by atoms with Gasteiger partial charge in [-0.3, -0.25) is 0 Å². The van der Waals surface area contributed by atoms with Gasteiger partial charge in [-0.25, -0.2) is 4.79 Å². The maximum atomic E-state index is 12.5. The van der Waals surface area contributed by atoms with Crippen LogP contribution in [0.2, 0.25) is 0 Å². The number of hydrogen-bond donors (Lipinski definition) is 0. The predicted molar refractivity (Wildman–Crippen MR) is 65.4 cm³/mol. The summed E-state index contributed by atoms with van der Waals surface area (Å²) in [5.74, 6) is 0. The Hall–Kier alpha value is -0.730. The molecule has 0 aromatic carbocycles. The molecule has 2 rings (SSSR count). The highest BCUT2D eigenvalue weighted by Gasteiger charge is 2.39. The second-order valence-electron chi connectivity index (χ2n) is 5.65. The minimum absolute atomic E-state index is 0.273. The summed E-state index contributed by atoms with van der Waals surface area (Å²) in [6.07, 6.45) is 4.63. The normalized spacial score (nSPS) is 39.5. The van der Waals surface area contributed by atoms with Gasteiger partial charge in [0.25, 0.3) is 0 Å². The van der Waals surface area contributed by atoms with Gasteiger partial charge in [-0.2, -0.15) is 0 Å². The lowest BCUT2D eigenvalue weighted by Gasteiger charge is -2.35. The molecule has 2 aliphatic heterocycles. The lowest BCUT2D eigenvalue weighted by atomic mass is 10.2. The van der Waals surface area contributed by atoms with Crippen molar-refractivity contribution in [3.8, 4) is 0 Å². The Morgan fingerprint density at radius 3 is 1.25 bits per heavy atom. The molecule has 4 unspecified atom stereocenters. The standard InChI is InChI=1S/C13H24N2O/c1-9-5-6-10(2)14(9)13(16)15-11(3)7-8-12(15)4/h9-12H,5-8H2,1-4H3. The van der Waals surface area contributed by atoms with Crippen LogP contribution < -0.4 is 0 Å². The summed E-state index contributed by atoms with van der Waals surface area (Å²) >= 11 is 0. The van der Waals surface area contributed by atoms with Gasteiger partial charge in [-0.05, 0) is 53.4 Å². The minimum Gasteiger partial charge on any atom is -0.319 e. The SMILES string of the molecule is CC1CCC(C)N1C(=O)N1C(C)CCC1C. The molecule has 3 nitrogen and oxygen atoms in total. The van der Waals surface area contributed by atoms with Crippen molar-refractivity contribution < 1.29 is 4.79 Å². The largest absolute Gasteiger partial charge is 0.320 e. The van der Waals surface area contributed by atoms with Crippen LogP contribution in [-0.2, 0) is 0 Å². The third-order valence-electron chi connectivity index (χ3n) is 4.35. The van der Waals surface area contributed by atoms with Crippen molar-refractivity contribution in [2.45, 2.75) is 77.5 Å². The molecular formula is C13H24N2O. The van der Waals surface area contributed by atoms with E-state index in [-0.39, 0.29) is 6.03 Å². The van der Waals surface area contributed by atoms with Crippen LogP contribution >= 0.6 is 0 Å². The Balaban J connectivity index is 2.12. The fourth-order valence-corrected chi connectivity index (χ4v) is 3.28. The number of hydrogen-bond acceptors (Lipinski definition) is 1. The summed E-state index contributed by atoms with van der Waals surface area (Å²) in [6, 6.07) is 1.95. The molecule has 0 spiro atoms. The number of rotatable bonds is 0. The molecule has 0 saturated carbocycles. The van der Waals surface area contributed by atoms with Gasteiger partial charge in [0.15, 0.2) is 0 Å². The van der Waals surface area contributed by atoms with Crippen molar-refractivity contribution in [1.82, 2.24) is 9.80 Å². The number of urea groups is 1. The van der Waals surface area contributed by atoms with Crippen LogP contribution in [0.25, 0.3) is 0 Å². The van der Waals surface area contributed by atoms with E-state index in [1.807, 2.05) is 0 Å². The molecule has 2 fully saturated rings. The van der Waals surface area contributed by atoms with E-state index in [2.05, 4.69) is 37.5 Å². The van der Waals surface area contributed by atoms with Gasteiger partial charge in [0.1, 0.15) is 0 Å². The van der Waals surface area contributed by atoms with Crippen molar-refractivity contribution >= 4 is 6.03 Å². The van der Waals surface area contributed by atoms with Crippen molar-refractivity contribution in [3.63, 3.8) is 0 Å². The summed E-state index contributed by atoms with van der Waals surface area (Å²) in [5, 5.41) is 0. The topological polar surface area (TPSA) is 23.6 Å². The molecule has 2 saturated heterocycles. The smallest absolute Gasteiger partial charge is 0.319 e. The van der Waals surface area contributed by atoms with E-state index in [1.54, 1.807) is 0 Å². The molecule has 3 heteroatoms. The molecule has 0 bridgehead atoms. The van der Waals surface area contributed by atoms with E-state index in [0.29, 0.717) is 24.2 Å². The van der Waals surface area contributed by atoms with Gasteiger partial charge in [-0.15, -0.1) is 0 Å². The second kappa shape index (κ2) is 4.27. The Kier molecular flexibility index (Phi) is 3.13. The van der Waals surface area contributed by atoms with E-state index in [1.165, 1.54) is 0 Å². The van der Waals surface area contributed by atoms with Crippen molar-refractivity contribution in [2.24, 2.45) is 0 Å². The second-order valence-corrected chi connectivity index (χ2v) is 5.65. The Bertz CT molecular complexity index is 233.